The van der Waals surface area contributed by atoms with Gasteiger partial charge in [-0.3, -0.25) is 9.78 Å². The zero-order chi connectivity index (χ0) is 20.3. The van der Waals surface area contributed by atoms with E-state index in [1.807, 2.05) is 6.07 Å². The lowest BCUT2D eigenvalue weighted by molar-refractivity contribution is 0.0697. The number of nitrogens with zero attached hydrogens (tertiary/aromatic N) is 3. The number of aromatic carboxylic acids is 1. The molecule has 0 saturated carbocycles. The number of hydrogen-bond acceptors (Lipinski definition) is 6. The first-order valence-electron chi connectivity index (χ1n) is 8.00. The standard InChI is InChI=1S/C17H14Cl2N6O3/c18-11-2-1-9(5-12(11)19)3-4-21-14-13(6-20)23-17(24-15(14)26)25-8-10(7-22-25)16(27)28/h1-2,5-8,20-21H,3-4H2,(H,27,28)(H,23,24,26). The Morgan fingerprint density at radius 1 is 1.36 bits per heavy atom. The van der Waals surface area contributed by atoms with Crippen LogP contribution in [-0.2, 0) is 6.42 Å². The smallest absolute Gasteiger partial charge is 0.338 e. The van der Waals surface area contributed by atoms with Crippen molar-refractivity contribution in [2.24, 2.45) is 0 Å². The van der Waals surface area contributed by atoms with Crippen LogP contribution >= 0.6 is 23.2 Å². The number of hydrogen-bond donors (Lipinski definition) is 4. The highest BCUT2D eigenvalue weighted by Gasteiger charge is 2.13. The fraction of sp³-hybridized carbons (Fsp3) is 0.118. The number of H-pyrrole nitrogens is 1. The fourth-order valence-electron chi connectivity index (χ4n) is 2.44. The third-order valence-electron chi connectivity index (χ3n) is 3.82. The topological polar surface area (TPSA) is 137 Å². The Balaban J connectivity index is 1.79. The van der Waals surface area contributed by atoms with Crippen molar-refractivity contribution in [3.63, 3.8) is 0 Å². The van der Waals surface area contributed by atoms with Crippen molar-refractivity contribution in [2.75, 3.05) is 11.9 Å². The molecule has 0 radical (unpaired) electrons. The molecule has 0 saturated heterocycles. The summed E-state index contributed by atoms with van der Waals surface area (Å²) in [7, 11) is 0. The lowest BCUT2D eigenvalue weighted by atomic mass is 10.1. The summed E-state index contributed by atoms with van der Waals surface area (Å²) in [5.74, 6) is -1.15. The van der Waals surface area contributed by atoms with Gasteiger partial charge < -0.3 is 15.8 Å². The molecule has 0 atom stereocenters. The number of aromatic nitrogens is 4. The summed E-state index contributed by atoms with van der Waals surface area (Å²) in [6.45, 7) is 0.397. The largest absolute Gasteiger partial charge is 0.478 e. The number of halogens is 2. The number of carboxylic acid groups (broad SMARTS) is 1. The van der Waals surface area contributed by atoms with Gasteiger partial charge in [-0.1, -0.05) is 29.3 Å². The third kappa shape index (κ3) is 4.21. The van der Waals surface area contributed by atoms with Crippen LogP contribution in [0.25, 0.3) is 5.95 Å². The van der Waals surface area contributed by atoms with Crippen molar-refractivity contribution >= 4 is 41.1 Å². The maximum absolute atomic E-state index is 12.4. The van der Waals surface area contributed by atoms with Gasteiger partial charge in [-0.05, 0) is 24.1 Å². The minimum absolute atomic E-state index is 0.00559. The van der Waals surface area contributed by atoms with E-state index >= 15 is 0 Å². The summed E-state index contributed by atoms with van der Waals surface area (Å²) in [5.41, 5.74) is 0.592. The number of carbonyl (C=O) groups is 1. The molecule has 0 aliphatic carbocycles. The second-order valence-electron chi connectivity index (χ2n) is 5.70. The van der Waals surface area contributed by atoms with Gasteiger partial charge in [0, 0.05) is 19.0 Å². The minimum Gasteiger partial charge on any atom is -0.478 e. The summed E-state index contributed by atoms with van der Waals surface area (Å²) >= 11 is 11.9. The first-order valence-corrected chi connectivity index (χ1v) is 8.75. The van der Waals surface area contributed by atoms with Crippen LogP contribution in [0.3, 0.4) is 0 Å². The van der Waals surface area contributed by atoms with E-state index in [-0.39, 0.29) is 22.9 Å². The van der Waals surface area contributed by atoms with Crippen LogP contribution in [0.2, 0.25) is 10.0 Å². The highest BCUT2D eigenvalue weighted by atomic mass is 35.5. The number of aromatic amines is 1. The van der Waals surface area contributed by atoms with Gasteiger partial charge in [0.25, 0.3) is 5.56 Å². The van der Waals surface area contributed by atoms with Gasteiger partial charge >= 0.3 is 5.97 Å². The van der Waals surface area contributed by atoms with Gasteiger partial charge in [0.1, 0.15) is 11.4 Å². The van der Waals surface area contributed by atoms with E-state index in [0.717, 1.165) is 22.7 Å². The Labute approximate surface area is 168 Å². The van der Waals surface area contributed by atoms with Crippen LogP contribution in [0.4, 0.5) is 5.69 Å². The normalized spacial score (nSPS) is 10.6. The second kappa shape index (κ2) is 8.24. The predicted octanol–water partition coefficient (Wildman–Crippen LogP) is 2.61. The van der Waals surface area contributed by atoms with Crippen molar-refractivity contribution in [3.05, 3.63) is 67.8 Å². The Bertz CT molecular complexity index is 1110. The van der Waals surface area contributed by atoms with Gasteiger partial charge in [-0.2, -0.15) is 5.10 Å². The van der Waals surface area contributed by atoms with Crippen molar-refractivity contribution in [2.45, 2.75) is 6.42 Å². The van der Waals surface area contributed by atoms with Crippen molar-refractivity contribution in [1.82, 2.24) is 19.7 Å². The molecule has 1 aromatic carbocycles. The maximum Gasteiger partial charge on any atom is 0.338 e. The van der Waals surface area contributed by atoms with Crippen molar-refractivity contribution < 1.29 is 9.90 Å². The van der Waals surface area contributed by atoms with E-state index in [9.17, 15) is 9.59 Å². The van der Waals surface area contributed by atoms with E-state index in [1.54, 1.807) is 12.1 Å². The summed E-state index contributed by atoms with van der Waals surface area (Å²) in [4.78, 5) is 30.0. The molecule has 3 rings (SSSR count). The molecule has 0 aliphatic heterocycles. The molecule has 28 heavy (non-hydrogen) atoms. The molecule has 0 aliphatic rings. The van der Waals surface area contributed by atoms with Crippen LogP contribution in [0, 0.1) is 5.41 Å². The average Bonchev–Trinajstić information content (AvgIpc) is 3.16. The molecule has 144 valence electrons. The second-order valence-corrected chi connectivity index (χ2v) is 6.51. The van der Waals surface area contributed by atoms with E-state index in [1.165, 1.54) is 6.20 Å². The van der Waals surface area contributed by atoms with Crippen LogP contribution in [0.1, 0.15) is 21.6 Å². The number of anilines is 1. The van der Waals surface area contributed by atoms with E-state index in [0.29, 0.717) is 23.0 Å². The molecule has 0 fully saturated rings. The van der Waals surface area contributed by atoms with E-state index in [4.69, 9.17) is 33.7 Å². The Hall–Kier alpha value is -3.17. The number of nitrogens with one attached hydrogen (secondary N) is 3. The fourth-order valence-corrected chi connectivity index (χ4v) is 2.76. The van der Waals surface area contributed by atoms with Gasteiger partial charge in [0.2, 0.25) is 5.95 Å². The maximum atomic E-state index is 12.4. The molecule has 0 amide bonds. The number of benzene rings is 1. The molecule has 2 heterocycles. The highest BCUT2D eigenvalue weighted by Crippen LogP contribution is 2.22. The SMILES string of the molecule is N=Cc1nc(-n2cc(C(=O)O)cn2)[nH]c(=O)c1NCCc1ccc(Cl)c(Cl)c1. The first-order chi connectivity index (χ1) is 13.4. The van der Waals surface area contributed by atoms with Crippen LogP contribution in [0.15, 0.2) is 35.4 Å². The summed E-state index contributed by atoms with van der Waals surface area (Å²) in [6.07, 6.45) is 3.85. The van der Waals surface area contributed by atoms with E-state index in [2.05, 4.69) is 20.4 Å². The predicted molar refractivity (Wildman–Crippen MR) is 105 cm³/mol. The van der Waals surface area contributed by atoms with E-state index < -0.39 is 11.5 Å². The van der Waals surface area contributed by atoms with Crippen molar-refractivity contribution in [3.8, 4) is 5.95 Å². The first kappa shape index (κ1) is 19.6. The zero-order valence-electron chi connectivity index (χ0n) is 14.2. The molecule has 3 aromatic rings. The van der Waals surface area contributed by atoms with Crippen LogP contribution < -0.4 is 10.9 Å². The molecule has 0 spiro atoms. The average molecular weight is 421 g/mol. The number of carboxylic acids is 1. The Morgan fingerprint density at radius 3 is 2.79 bits per heavy atom. The van der Waals surface area contributed by atoms with Gasteiger partial charge in [-0.15, -0.1) is 0 Å². The molecule has 2 aromatic heterocycles. The summed E-state index contributed by atoms with van der Waals surface area (Å²) in [5, 5.41) is 24.2. The minimum atomic E-state index is -1.15. The Morgan fingerprint density at radius 2 is 2.14 bits per heavy atom. The lowest BCUT2D eigenvalue weighted by Gasteiger charge is -2.10. The van der Waals surface area contributed by atoms with Gasteiger partial charge in [-0.25, -0.2) is 14.5 Å². The van der Waals surface area contributed by atoms with Gasteiger partial charge in [0.05, 0.1) is 21.8 Å². The van der Waals surface area contributed by atoms with Crippen molar-refractivity contribution in [1.29, 1.82) is 5.41 Å². The quantitative estimate of drug-likeness (QED) is 0.433. The Kier molecular flexibility index (Phi) is 5.76. The van der Waals surface area contributed by atoms with Crippen LogP contribution in [0.5, 0.6) is 0 Å². The molecule has 11 heteroatoms. The molecular formula is C17H14Cl2N6O3. The monoisotopic (exact) mass is 420 g/mol. The van der Waals surface area contributed by atoms with Gasteiger partial charge in [0.15, 0.2) is 0 Å². The summed E-state index contributed by atoms with van der Waals surface area (Å²) in [6, 6.07) is 5.27. The third-order valence-corrected chi connectivity index (χ3v) is 4.56. The molecule has 9 nitrogen and oxygen atoms in total. The highest BCUT2D eigenvalue weighted by molar-refractivity contribution is 6.42. The molecule has 0 bridgehead atoms. The lowest BCUT2D eigenvalue weighted by Crippen LogP contribution is -2.22. The zero-order valence-corrected chi connectivity index (χ0v) is 15.8. The number of rotatable bonds is 7. The summed E-state index contributed by atoms with van der Waals surface area (Å²) < 4.78 is 1.12. The van der Waals surface area contributed by atoms with Crippen LogP contribution in [-0.4, -0.2) is 43.6 Å². The molecule has 4 N–H and O–H groups in total. The molecular weight excluding hydrogens is 407 g/mol. The molecule has 0 unspecified atom stereocenters.